The molecule has 0 radical (unpaired) electrons. The molecule has 1 saturated heterocycles. The fraction of sp³-hybridized carbons (Fsp3) is 0.600. The highest BCUT2D eigenvalue weighted by molar-refractivity contribution is 5.85. The molecule has 1 heterocycles. The molecule has 0 spiro atoms. The third-order valence-corrected chi connectivity index (χ3v) is 3.86. The smallest absolute Gasteiger partial charge is 0.131 e. The summed E-state index contributed by atoms with van der Waals surface area (Å²) < 4.78 is 10.8. The zero-order valence-electron chi connectivity index (χ0n) is 13.0. The summed E-state index contributed by atoms with van der Waals surface area (Å²) >= 11 is 0. The fourth-order valence-electron chi connectivity index (χ4n) is 2.88. The van der Waals surface area contributed by atoms with Gasteiger partial charge in [-0.25, -0.2) is 0 Å². The van der Waals surface area contributed by atoms with Crippen LogP contribution >= 0.6 is 12.4 Å². The lowest BCUT2D eigenvalue weighted by Crippen LogP contribution is -2.45. The van der Waals surface area contributed by atoms with Gasteiger partial charge >= 0.3 is 0 Å². The molecule has 0 saturated carbocycles. The van der Waals surface area contributed by atoms with Crippen LogP contribution in [0.3, 0.4) is 0 Å². The number of aliphatic hydroxyl groups excluding tert-OH is 1. The van der Waals surface area contributed by atoms with Crippen LogP contribution in [0.15, 0.2) is 12.1 Å². The summed E-state index contributed by atoms with van der Waals surface area (Å²) in [6, 6.07) is 3.18. The molecule has 1 aromatic rings. The van der Waals surface area contributed by atoms with Crippen LogP contribution in [0.5, 0.6) is 17.2 Å². The van der Waals surface area contributed by atoms with Crippen molar-refractivity contribution in [2.24, 2.45) is 0 Å². The second-order valence-corrected chi connectivity index (χ2v) is 5.08. The van der Waals surface area contributed by atoms with Crippen molar-refractivity contribution >= 4 is 12.4 Å². The Bertz CT molecular complexity index is 442. The minimum atomic E-state index is 0. The van der Waals surface area contributed by atoms with E-state index < -0.39 is 0 Å². The van der Waals surface area contributed by atoms with E-state index in [1.807, 2.05) is 0 Å². The quantitative estimate of drug-likeness (QED) is 0.726. The maximum Gasteiger partial charge on any atom is 0.131 e. The van der Waals surface area contributed by atoms with Gasteiger partial charge in [-0.2, -0.15) is 0 Å². The van der Waals surface area contributed by atoms with Crippen LogP contribution in [0.1, 0.15) is 18.0 Å². The number of aromatic hydroxyl groups is 1. The number of benzene rings is 1. The molecule has 1 atom stereocenters. The predicted molar refractivity (Wildman–Crippen MR) is 87.3 cm³/mol. The molecule has 1 aromatic carbocycles. The van der Waals surface area contributed by atoms with Gasteiger partial charge in [-0.1, -0.05) is 0 Å². The fourth-order valence-corrected chi connectivity index (χ4v) is 2.88. The van der Waals surface area contributed by atoms with E-state index in [1.165, 1.54) is 0 Å². The summed E-state index contributed by atoms with van der Waals surface area (Å²) in [6.45, 7) is 3.73. The average Bonchev–Trinajstić information content (AvgIpc) is 2.53. The molecule has 126 valence electrons. The first kappa shape index (κ1) is 18.8. The van der Waals surface area contributed by atoms with E-state index in [0.29, 0.717) is 17.9 Å². The third kappa shape index (κ3) is 4.16. The molecular formula is C15H25ClN2O4. The van der Waals surface area contributed by atoms with Crippen LogP contribution in [0, 0.1) is 0 Å². The summed E-state index contributed by atoms with van der Waals surface area (Å²) in [5.41, 5.74) is 0.883. The van der Waals surface area contributed by atoms with Crippen molar-refractivity contribution in [3.8, 4) is 17.2 Å². The zero-order chi connectivity index (χ0) is 15.2. The maximum atomic E-state index is 9.77. The van der Waals surface area contributed by atoms with Crippen LogP contribution in [0.2, 0.25) is 0 Å². The van der Waals surface area contributed by atoms with E-state index in [4.69, 9.17) is 9.47 Å². The van der Waals surface area contributed by atoms with Crippen molar-refractivity contribution in [3.63, 3.8) is 0 Å². The van der Waals surface area contributed by atoms with Crippen molar-refractivity contribution in [3.05, 3.63) is 17.7 Å². The molecule has 7 heteroatoms. The molecule has 0 bridgehead atoms. The first-order chi connectivity index (χ1) is 10.2. The summed E-state index contributed by atoms with van der Waals surface area (Å²) in [6.07, 6.45) is 0.595. The van der Waals surface area contributed by atoms with E-state index in [1.54, 1.807) is 26.4 Å². The van der Waals surface area contributed by atoms with Gasteiger partial charge in [-0.15, -0.1) is 12.4 Å². The number of nitrogens with one attached hydrogen (secondary N) is 1. The number of phenols is 1. The number of nitrogens with zero attached hydrogens (tertiary/aromatic N) is 1. The van der Waals surface area contributed by atoms with Gasteiger partial charge in [0.2, 0.25) is 0 Å². The van der Waals surface area contributed by atoms with E-state index in [-0.39, 0.29) is 30.8 Å². The number of ether oxygens (including phenoxy) is 2. The Morgan fingerprint density at radius 3 is 2.18 bits per heavy atom. The first-order valence-corrected chi connectivity index (χ1v) is 7.21. The predicted octanol–water partition coefficient (Wildman–Crippen LogP) is 1.16. The van der Waals surface area contributed by atoms with Gasteiger partial charge in [0.15, 0.2) is 0 Å². The van der Waals surface area contributed by atoms with Gasteiger partial charge in [0, 0.05) is 51.0 Å². The molecule has 1 aliphatic heterocycles. The van der Waals surface area contributed by atoms with Gasteiger partial charge in [0.05, 0.1) is 19.8 Å². The first-order valence-electron chi connectivity index (χ1n) is 7.21. The Morgan fingerprint density at radius 1 is 1.18 bits per heavy atom. The average molecular weight is 333 g/mol. The summed E-state index contributed by atoms with van der Waals surface area (Å²) in [4.78, 5) is 2.31. The van der Waals surface area contributed by atoms with Crippen LogP contribution < -0.4 is 14.8 Å². The van der Waals surface area contributed by atoms with E-state index in [2.05, 4.69) is 10.2 Å². The largest absolute Gasteiger partial charge is 0.508 e. The normalized spacial score (nSPS) is 16.7. The summed E-state index contributed by atoms with van der Waals surface area (Å²) in [7, 11) is 3.15. The van der Waals surface area contributed by atoms with Gasteiger partial charge in [-0.3, -0.25) is 4.90 Å². The lowest BCUT2D eigenvalue weighted by atomic mass is 9.98. The summed E-state index contributed by atoms with van der Waals surface area (Å²) in [5.74, 6) is 1.28. The Labute approximate surface area is 137 Å². The van der Waals surface area contributed by atoms with Crippen molar-refractivity contribution in [2.75, 3.05) is 47.0 Å². The maximum absolute atomic E-state index is 9.77. The molecule has 0 aliphatic carbocycles. The molecule has 2 rings (SSSR count). The molecule has 1 aliphatic rings. The van der Waals surface area contributed by atoms with Crippen molar-refractivity contribution in [1.29, 1.82) is 0 Å². The molecule has 1 fully saturated rings. The highest BCUT2D eigenvalue weighted by Crippen LogP contribution is 2.41. The third-order valence-electron chi connectivity index (χ3n) is 3.86. The van der Waals surface area contributed by atoms with Crippen molar-refractivity contribution < 1.29 is 19.7 Å². The minimum absolute atomic E-state index is 0. The molecule has 6 nitrogen and oxygen atoms in total. The number of aliphatic hydroxyl groups is 1. The van der Waals surface area contributed by atoms with Crippen LogP contribution in [0.4, 0.5) is 0 Å². The molecular weight excluding hydrogens is 308 g/mol. The highest BCUT2D eigenvalue weighted by Gasteiger charge is 2.28. The Balaban J connectivity index is 0.00000242. The number of methoxy groups -OCH3 is 2. The van der Waals surface area contributed by atoms with Crippen LogP contribution in [-0.4, -0.2) is 62.1 Å². The lowest BCUT2D eigenvalue weighted by Gasteiger charge is -2.36. The topological polar surface area (TPSA) is 74.2 Å². The van der Waals surface area contributed by atoms with E-state index in [9.17, 15) is 10.2 Å². The second kappa shape index (κ2) is 9.05. The van der Waals surface area contributed by atoms with Gasteiger partial charge in [0.25, 0.3) is 0 Å². The number of rotatable bonds is 6. The van der Waals surface area contributed by atoms with Crippen LogP contribution in [-0.2, 0) is 0 Å². The van der Waals surface area contributed by atoms with Gasteiger partial charge in [0.1, 0.15) is 17.2 Å². The monoisotopic (exact) mass is 332 g/mol. The highest BCUT2D eigenvalue weighted by atomic mass is 35.5. The van der Waals surface area contributed by atoms with Crippen LogP contribution in [0.25, 0.3) is 0 Å². The zero-order valence-corrected chi connectivity index (χ0v) is 13.9. The van der Waals surface area contributed by atoms with Crippen molar-refractivity contribution in [1.82, 2.24) is 10.2 Å². The van der Waals surface area contributed by atoms with Gasteiger partial charge < -0.3 is 25.0 Å². The lowest BCUT2D eigenvalue weighted by molar-refractivity contribution is 0.136. The molecule has 22 heavy (non-hydrogen) atoms. The molecule has 0 unspecified atom stereocenters. The Kier molecular flexibility index (Phi) is 7.75. The second-order valence-electron chi connectivity index (χ2n) is 5.08. The summed E-state index contributed by atoms with van der Waals surface area (Å²) in [5, 5.41) is 22.5. The Morgan fingerprint density at radius 2 is 1.73 bits per heavy atom. The minimum Gasteiger partial charge on any atom is -0.508 e. The number of piperazine rings is 1. The van der Waals surface area contributed by atoms with E-state index in [0.717, 1.165) is 31.7 Å². The van der Waals surface area contributed by atoms with Gasteiger partial charge in [-0.05, 0) is 6.42 Å². The number of hydrogen-bond donors (Lipinski definition) is 3. The number of hydrogen-bond acceptors (Lipinski definition) is 6. The standard InChI is InChI=1S/C15H24N2O4.ClH/c1-20-13-9-11(19)10-14(21-2)15(13)12(3-8-18)17-6-4-16-5-7-17;/h9-10,12,16,18-19H,3-8H2,1-2H3;1H/t12-;/m0./s1. The molecule has 0 aromatic heterocycles. The Hall–Kier alpha value is -1.21. The SMILES string of the molecule is COc1cc(O)cc(OC)c1[C@H](CCO)N1CCNCC1.Cl. The molecule has 0 amide bonds. The van der Waals surface area contributed by atoms with Crippen molar-refractivity contribution in [2.45, 2.75) is 12.5 Å². The number of phenolic OH excluding ortho intramolecular Hbond substituents is 1. The van der Waals surface area contributed by atoms with E-state index >= 15 is 0 Å². The number of halogens is 1. The molecule has 3 N–H and O–H groups in total.